The molecule has 0 radical (unpaired) electrons. The largest absolute Gasteiger partial charge is 0.377 e. The van der Waals surface area contributed by atoms with Crippen molar-refractivity contribution in [1.82, 2.24) is 0 Å². The lowest BCUT2D eigenvalue weighted by Crippen LogP contribution is -2.30. The fourth-order valence-electron chi connectivity index (χ4n) is 4.04. The maximum absolute atomic E-state index is 11.1. The lowest BCUT2D eigenvalue weighted by Gasteiger charge is -2.29. The zero-order valence-electron chi connectivity index (χ0n) is 11.5. The minimum atomic E-state index is -0.317. The topological polar surface area (TPSA) is 55.2 Å². The average molecular weight is 339 g/mol. The van der Waals surface area contributed by atoms with Gasteiger partial charge in [0.05, 0.1) is 4.92 Å². The molecule has 2 saturated carbocycles. The molecule has 0 aromatic heterocycles. The van der Waals surface area contributed by atoms with Crippen molar-refractivity contribution in [2.24, 2.45) is 17.8 Å². The van der Waals surface area contributed by atoms with Crippen molar-refractivity contribution in [1.29, 1.82) is 0 Å². The van der Waals surface area contributed by atoms with Crippen LogP contribution in [0.5, 0.6) is 0 Å². The molecule has 3 rings (SSSR count). The predicted octanol–water partition coefficient (Wildman–Crippen LogP) is 4.59. The van der Waals surface area contributed by atoms with E-state index >= 15 is 0 Å². The number of hydrogen-bond donors (Lipinski definition) is 1. The van der Waals surface area contributed by atoms with Crippen molar-refractivity contribution in [3.63, 3.8) is 0 Å². The van der Waals surface area contributed by atoms with Crippen LogP contribution in [-0.4, -0.2) is 11.0 Å². The van der Waals surface area contributed by atoms with E-state index in [1.807, 2.05) is 6.07 Å². The van der Waals surface area contributed by atoms with E-state index in [9.17, 15) is 10.1 Å². The van der Waals surface area contributed by atoms with E-state index in [1.54, 1.807) is 12.1 Å². The highest BCUT2D eigenvalue weighted by Gasteiger charge is 2.42. The third-order valence-corrected chi connectivity index (χ3v) is 5.47. The predicted molar refractivity (Wildman–Crippen MR) is 82.8 cm³/mol. The molecule has 2 fully saturated rings. The highest BCUT2D eigenvalue weighted by molar-refractivity contribution is 9.10. The number of halogens is 1. The summed E-state index contributed by atoms with van der Waals surface area (Å²) in [6.45, 7) is 2.16. The van der Waals surface area contributed by atoms with E-state index in [0.717, 1.165) is 16.3 Å². The normalized spacial score (nSPS) is 29.4. The van der Waals surface area contributed by atoms with Crippen LogP contribution >= 0.6 is 15.9 Å². The smallest absolute Gasteiger partial charge is 0.292 e. The molecular formula is C15H19BrN2O2. The molecule has 0 saturated heterocycles. The van der Waals surface area contributed by atoms with Crippen molar-refractivity contribution in [2.45, 2.75) is 38.6 Å². The van der Waals surface area contributed by atoms with Crippen molar-refractivity contribution >= 4 is 27.3 Å². The quantitative estimate of drug-likeness (QED) is 0.645. The molecule has 4 nitrogen and oxygen atoms in total. The molecule has 5 heteroatoms. The first-order chi connectivity index (χ1) is 9.54. The SMILES string of the molecule is CC(Nc1cc(Br)ccc1[N+](=O)[O-])C1CC2CCC1C2. The average Bonchev–Trinajstić information content (AvgIpc) is 3.00. The minimum absolute atomic E-state index is 0.156. The number of anilines is 1. The van der Waals surface area contributed by atoms with Gasteiger partial charge in [-0.25, -0.2) is 0 Å². The van der Waals surface area contributed by atoms with Crippen LogP contribution in [-0.2, 0) is 0 Å². The van der Waals surface area contributed by atoms with Gasteiger partial charge in [-0.05, 0) is 56.1 Å². The van der Waals surface area contributed by atoms with Gasteiger partial charge in [0, 0.05) is 16.6 Å². The third kappa shape index (κ3) is 2.55. The molecular weight excluding hydrogens is 320 g/mol. The molecule has 1 aromatic rings. The molecule has 108 valence electrons. The van der Waals surface area contributed by atoms with Crippen LogP contribution in [0.4, 0.5) is 11.4 Å². The minimum Gasteiger partial charge on any atom is -0.377 e. The van der Waals surface area contributed by atoms with Gasteiger partial charge in [-0.3, -0.25) is 10.1 Å². The third-order valence-electron chi connectivity index (χ3n) is 4.97. The highest BCUT2D eigenvalue weighted by Crippen LogP contribution is 2.50. The van der Waals surface area contributed by atoms with Crippen LogP contribution in [0.3, 0.4) is 0 Å². The summed E-state index contributed by atoms with van der Waals surface area (Å²) >= 11 is 3.39. The van der Waals surface area contributed by atoms with Crippen molar-refractivity contribution < 1.29 is 4.92 Å². The lowest BCUT2D eigenvalue weighted by molar-refractivity contribution is -0.384. The zero-order valence-corrected chi connectivity index (χ0v) is 13.1. The van der Waals surface area contributed by atoms with Gasteiger partial charge in [0.2, 0.25) is 0 Å². The molecule has 0 heterocycles. The Hall–Kier alpha value is -1.10. The first-order valence-corrected chi connectivity index (χ1v) is 8.04. The maximum atomic E-state index is 11.1. The molecule has 1 aromatic carbocycles. The Morgan fingerprint density at radius 1 is 1.40 bits per heavy atom. The van der Waals surface area contributed by atoms with E-state index in [2.05, 4.69) is 28.2 Å². The second-order valence-electron chi connectivity index (χ2n) is 6.19. The standard InChI is InChI=1S/C15H19BrN2O2/c1-9(13-7-10-2-3-11(13)6-10)17-14-8-12(16)4-5-15(14)18(19)20/h4-5,8-11,13,17H,2-3,6-7H2,1H3. The molecule has 0 spiro atoms. The van der Waals surface area contributed by atoms with Crippen molar-refractivity contribution in [3.05, 3.63) is 32.8 Å². The number of benzene rings is 1. The Labute approximate surface area is 127 Å². The van der Waals surface area contributed by atoms with Crippen molar-refractivity contribution in [2.75, 3.05) is 5.32 Å². The summed E-state index contributed by atoms with van der Waals surface area (Å²) in [5.41, 5.74) is 0.780. The number of nitro benzene ring substituents is 1. The summed E-state index contributed by atoms with van der Waals surface area (Å²) in [5, 5.41) is 14.5. The molecule has 2 aliphatic carbocycles. The Balaban J connectivity index is 1.77. The van der Waals surface area contributed by atoms with Gasteiger partial charge in [0.25, 0.3) is 5.69 Å². The van der Waals surface area contributed by atoms with E-state index in [1.165, 1.54) is 25.7 Å². The van der Waals surface area contributed by atoms with Gasteiger partial charge in [-0.2, -0.15) is 0 Å². The summed E-state index contributed by atoms with van der Waals surface area (Å²) in [7, 11) is 0. The lowest BCUT2D eigenvalue weighted by atomic mass is 9.84. The molecule has 0 amide bonds. The van der Waals surface area contributed by atoms with Crippen LogP contribution < -0.4 is 5.32 Å². The summed E-state index contributed by atoms with van der Waals surface area (Å²) in [5.74, 6) is 2.37. The second kappa shape index (κ2) is 5.35. The van der Waals surface area contributed by atoms with E-state index in [4.69, 9.17) is 0 Å². The number of nitrogens with one attached hydrogen (secondary N) is 1. The van der Waals surface area contributed by atoms with Crippen LogP contribution in [0.2, 0.25) is 0 Å². The fraction of sp³-hybridized carbons (Fsp3) is 0.600. The molecule has 4 atom stereocenters. The van der Waals surface area contributed by atoms with Gasteiger partial charge < -0.3 is 5.32 Å². The van der Waals surface area contributed by atoms with Gasteiger partial charge in [0.15, 0.2) is 0 Å². The Morgan fingerprint density at radius 3 is 2.80 bits per heavy atom. The van der Waals surface area contributed by atoms with E-state index in [-0.39, 0.29) is 10.6 Å². The molecule has 1 N–H and O–H groups in total. The summed E-state index contributed by atoms with van der Waals surface area (Å²) in [4.78, 5) is 10.8. The first-order valence-electron chi connectivity index (χ1n) is 7.25. The number of fused-ring (bicyclic) bond motifs is 2. The Bertz CT molecular complexity index is 535. The first kappa shape index (κ1) is 13.9. The van der Waals surface area contributed by atoms with E-state index < -0.39 is 0 Å². The van der Waals surface area contributed by atoms with Crippen LogP contribution in [0.15, 0.2) is 22.7 Å². The highest BCUT2D eigenvalue weighted by atomic mass is 79.9. The number of rotatable bonds is 4. The molecule has 4 unspecified atom stereocenters. The van der Waals surface area contributed by atoms with Gasteiger partial charge in [-0.15, -0.1) is 0 Å². The van der Waals surface area contributed by atoms with Gasteiger partial charge in [0.1, 0.15) is 5.69 Å². The van der Waals surface area contributed by atoms with Crippen LogP contribution in [0, 0.1) is 27.9 Å². The Kier molecular flexibility index (Phi) is 3.71. The zero-order chi connectivity index (χ0) is 14.3. The summed E-state index contributed by atoms with van der Waals surface area (Å²) in [6, 6.07) is 5.37. The molecule has 2 bridgehead atoms. The van der Waals surface area contributed by atoms with E-state index in [0.29, 0.717) is 17.6 Å². The number of hydrogen-bond acceptors (Lipinski definition) is 3. The van der Waals surface area contributed by atoms with Gasteiger partial charge in [-0.1, -0.05) is 22.4 Å². The fourth-order valence-corrected chi connectivity index (χ4v) is 4.40. The molecule has 0 aliphatic heterocycles. The second-order valence-corrected chi connectivity index (χ2v) is 7.11. The molecule has 20 heavy (non-hydrogen) atoms. The Morgan fingerprint density at radius 2 is 2.20 bits per heavy atom. The summed E-state index contributed by atoms with van der Waals surface area (Å²) < 4.78 is 0.866. The number of nitrogens with zero attached hydrogens (tertiary/aromatic N) is 1. The van der Waals surface area contributed by atoms with Crippen LogP contribution in [0.1, 0.15) is 32.6 Å². The van der Waals surface area contributed by atoms with Gasteiger partial charge >= 0.3 is 0 Å². The molecule has 2 aliphatic rings. The number of nitro groups is 1. The summed E-state index contributed by atoms with van der Waals surface area (Å²) in [6.07, 6.45) is 5.35. The monoisotopic (exact) mass is 338 g/mol. The van der Waals surface area contributed by atoms with Crippen LogP contribution in [0.25, 0.3) is 0 Å². The maximum Gasteiger partial charge on any atom is 0.292 e. The van der Waals surface area contributed by atoms with Crippen molar-refractivity contribution in [3.8, 4) is 0 Å².